The average Bonchev–Trinajstić information content (AvgIpc) is 3.08. The lowest BCUT2D eigenvalue weighted by atomic mass is 10.1. The Labute approximate surface area is 109 Å². The fraction of sp³-hybridized carbons (Fsp3) is 0. The molecule has 2 aromatic heterocycles. The molecule has 5 nitrogen and oxygen atoms in total. The van der Waals surface area contributed by atoms with E-state index in [0.717, 1.165) is 11.3 Å². The van der Waals surface area contributed by atoms with Gasteiger partial charge in [0.1, 0.15) is 5.69 Å². The Bertz CT molecular complexity index is 713. The number of nitrogens with zero attached hydrogens (tertiary/aromatic N) is 2. The van der Waals surface area contributed by atoms with Gasteiger partial charge in [0.15, 0.2) is 0 Å². The van der Waals surface area contributed by atoms with Crippen LogP contribution in [0.3, 0.4) is 0 Å². The first-order chi connectivity index (χ1) is 9.25. The third kappa shape index (κ3) is 2.01. The lowest BCUT2D eigenvalue weighted by molar-refractivity contribution is 0.0692. The number of H-pyrrole nitrogens is 1. The summed E-state index contributed by atoms with van der Waals surface area (Å²) in [5.41, 5.74) is 2.51. The summed E-state index contributed by atoms with van der Waals surface area (Å²) in [4.78, 5) is 13.8. The molecule has 0 radical (unpaired) electrons. The van der Waals surface area contributed by atoms with Crippen molar-refractivity contribution in [3.05, 3.63) is 60.7 Å². The SMILES string of the molecule is O=C(O)c1[nH]ccc1-c1cnn(-c2ccccc2)c1. The Morgan fingerprint density at radius 2 is 2.00 bits per heavy atom. The third-order valence-electron chi connectivity index (χ3n) is 2.88. The molecule has 0 fully saturated rings. The molecule has 0 spiro atoms. The van der Waals surface area contributed by atoms with Crippen LogP contribution in [0.1, 0.15) is 10.5 Å². The summed E-state index contributed by atoms with van der Waals surface area (Å²) in [6.07, 6.45) is 5.08. The molecule has 5 heteroatoms. The average molecular weight is 253 g/mol. The number of nitrogens with one attached hydrogen (secondary N) is 1. The number of para-hydroxylation sites is 1. The molecule has 0 saturated carbocycles. The maximum atomic E-state index is 11.1. The minimum atomic E-state index is -0.979. The second-order valence-electron chi connectivity index (χ2n) is 4.08. The monoisotopic (exact) mass is 253 g/mol. The molecule has 2 heterocycles. The molecule has 1 aromatic carbocycles. The van der Waals surface area contributed by atoms with Crippen LogP contribution in [-0.2, 0) is 0 Å². The topological polar surface area (TPSA) is 70.9 Å². The van der Waals surface area contributed by atoms with Crippen LogP contribution in [0.5, 0.6) is 0 Å². The molecule has 2 N–H and O–H groups in total. The largest absolute Gasteiger partial charge is 0.477 e. The zero-order valence-electron chi connectivity index (χ0n) is 9.95. The molecular formula is C14H11N3O2. The molecule has 3 aromatic rings. The lowest BCUT2D eigenvalue weighted by Crippen LogP contribution is -1.98. The number of hydrogen-bond donors (Lipinski definition) is 2. The van der Waals surface area contributed by atoms with Gasteiger partial charge < -0.3 is 10.1 Å². The molecule has 0 aliphatic heterocycles. The normalized spacial score (nSPS) is 10.5. The second-order valence-corrected chi connectivity index (χ2v) is 4.08. The number of carbonyl (C=O) groups is 1. The smallest absolute Gasteiger partial charge is 0.352 e. The molecule has 0 saturated heterocycles. The number of aromatic carboxylic acids is 1. The van der Waals surface area contributed by atoms with Crippen molar-refractivity contribution < 1.29 is 9.90 Å². The van der Waals surface area contributed by atoms with E-state index >= 15 is 0 Å². The number of aromatic nitrogens is 3. The third-order valence-corrected chi connectivity index (χ3v) is 2.88. The molecule has 0 aliphatic rings. The summed E-state index contributed by atoms with van der Waals surface area (Å²) in [5.74, 6) is -0.979. The Morgan fingerprint density at radius 3 is 2.74 bits per heavy atom. The first kappa shape index (κ1) is 11.3. The highest BCUT2D eigenvalue weighted by Crippen LogP contribution is 2.23. The summed E-state index contributed by atoms with van der Waals surface area (Å²) in [7, 11) is 0. The second kappa shape index (κ2) is 4.45. The molecule has 94 valence electrons. The van der Waals surface area contributed by atoms with Gasteiger partial charge in [-0.3, -0.25) is 0 Å². The number of aromatic amines is 1. The van der Waals surface area contributed by atoms with Crippen molar-refractivity contribution in [2.45, 2.75) is 0 Å². The molecule has 19 heavy (non-hydrogen) atoms. The standard InChI is InChI=1S/C14H11N3O2/c18-14(19)13-12(6-7-15-13)10-8-16-17(9-10)11-4-2-1-3-5-11/h1-9,15H,(H,18,19). The minimum absolute atomic E-state index is 0.174. The first-order valence-electron chi connectivity index (χ1n) is 5.77. The van der Waals surface area contributed by atoms with Crippen molar-refractivity contribution in [2.75, 3.05) is 0 Å². The summed E-state index contributed by atoms with van der Waals surface area (Å²) in [6.45, 7) is 0. The Kier molecular flexibility index (Phi) is 2.64. The Hall–Kier alpha value is -2.82. The van der Waals surface area contributed by atoms with E-state index in [1.807, 2.05) is 36.5 Å². The van der Waals surface area contributed by atoms with E-state index in [1.165, 1.54) is 0 Å². The van der Waals surface area contributed by atoms with Gasteiger partial charge in [-0.2, -0.15) is 5.10 Å². The molecule has 0 bridgehead atoms. The van der Waals surface area contributed by atoms with Crippen LogP contribution in [0, 0.1) is 0 Å². The van der Waals surface area contributed by atoms with Crippen molar-refractivity contribution in [3.63, 3.8) is 0 Å². The molecule has 0 amide bonds. The highest BCUT2D eigenvalue weighted by Gasteiger charge is 2.14. The molecule has 0 atom stereocenters. The maximum Gasteiger partial charge on any atom is 0.352 e. The van der Waals surface area contributed by atoms with Gasteiger partial charge in [-0.05, 0) is 18.2 Å². The van der Waals surface area contributed by atoms with Crippen LogP contribution in [0.2, 0.25) is 0 Å². The van der Waals surface area contributed by atoms with Crippen molar-refractivity contribution in [1.82, 2.24) is 14.8 Å². The number of benzene rings is 1. The number of carboxylic acids is 1. The highest BCUT2D eigenvalue weighted by molar-refractivity contribution is 5.94. The van der Waals surface area contributed by atoms with Crippen molar-refractivity contribution in [2.24, 2.45) is 0 Å². The van der Waals surface area contributed by atoms with Crippen LogP contribution >= 0.6 is 0 Å². The predicted molar refractivity (Wildman–Crippen MR) is 70.3 cm³/mol. The zero-order valence-corrected chi connectivity index (χ0v) is 9.95. The predicted octanol–water partition coefficient (Wildman–Crippen LogP) is 2.57. The fourth-order valence-electron chi connectivity index (χ4n) is 1.97. The van der Waals surface area contributed by atoms with E-state index in [0.29, 0.717) is 5.56 Å². The molecule has 0 aliphatic carbocycles. The van der Waals surface area contributed by atoms with E-state index in [4.69, 9.17) is 5.11 Å². The summed E-state index contributed by atoms with van der Waals surface area (Å²) < 4.78 is 1.72. The number of rotatable bonds is 3. The van der Waals surface area contributed by atoms with Crippen LogP contribution in [-0.4, -0.2) is 25.8 Å². The molecule has 0 unspecified atom stereocenters. The first-order valence-corrected chi connectivity index (χ1v) is 5.77. The quantitative estimate of drug-likeness (QED) is 0.753. The lowest BCUT2D eigenvalue weighted by Gasteiger charge is -1.99. The van der Waals surface area contributed by atoms with Crippen molar-refractivity contribution in [1.29, 1.82) is 0 Å². The Balaban J connectivity index is 2.02. The van der Waals surface area contributed by atoms with Gasteiger partial charge in [0.25, 0.3) is 0 Å². The minimum Gasteiger partial charge on any atom is -0.477 e. The van der Waals surface area contributed by atoms with Crippen LogP contribution in [0.4, 0.5) is 0 Å². The number of carboxylic acid groups (broad SMARTS) is 1. The molecular weight excluding hydrogens is 242 g/mol. The van der Waals surface area contributed by atoms with Crippen LogP contribution in [0.15, 0.2) is 55.0 Å². The molecule has 3 rings (SSSR count). The Morgan fingerprint density at radius 1 is 1.21 bits per heavy atom. The summed E-state index contributed by atoms with van der Waals surface area (Å²) in [5, 5.41) is 13.3. The van der Waals surface area contributed by atoms with Crippen LogP contribution in [0.25, 0.3) is 16.8 Å². The van der Waals surface area contributed by atoms with Gasteiger partial charge >= 0.3 is 5.97 Å². The van der Waals surface area contributed by atoms with E-state index < -0.39 is 5.97 Å². The van der Waals surface area contributed by atoms with E-state index in [2.05, 4.69) is 10.1 Å². The summed E-state index contributed by atoms with van der Waals surface area (Å²) >= 11 is 0. The summed E-state index contributed by atoms with van der Waals surface area (Å²) in [6, 6.07) is 11.4. The number of hydrogen-bond acceptors (Lipinski definition) is 2. The van der Waals surface area contributed by atoms with Crippen molar-refractivity contribution >= 4 is 5.97 Å². The van der Waals surface area contributed by atoms with Gasteiger partial charge in [0, 0.05) is 23.5 Å². The van der Waals surface area contributed by atoms with Gasteiger partial charge in [0.2, 0.25) is 0 Å². The van der Waals surface area contributed by atoms with Gasteiger partial charge in [-0.25, -0.2) is 9.48 Å². The van der Waals surface area contributed by atoms with Gasteiger partial charge in [-0.1, -0.05) is 18.2 Å². The van der Waals surface area contributed by atoms with E-state index in [9.17, 15) is 4.79 Å². The maximum absolute atomic E-state index is 11.1. The zero-order chi connectivity index (χ0) is 13.2. The highest BCUT2D eigenvalue weighted by atomic mass is 16.4. The van der Waals surface area contributed by atoms with E-state index in [1.54, 1.807) is 23.1 Å². The van der Waals surface area contributed by atoms with Crippen molar-refractivity contribution in [3.8, 4) is 16.8 Å². The van der Waals surface area contributed by atoms with Crippen LogP contribution < -0.4 is 0 Å². The van der Waals surface area contributed by atoms with E-state index in [-0.39, 0.29) is 5.69 Å². The fourth-order valence-corrected chi connectivity index (χ4v) is 1.97. The van der Waals surface area contributed by atoms with Gasteiger partial charge in [-0.15, -0.1) is 0 Å². The van der Waals surface area contributed by atoms with Gasteiger partial charge in [0.05, 0.1) is 11.9 Å².